The number of nitrogens with one attached hydrogen (secondary N) is 3. The summed E-state index contributed by atoms with van der Waals surface area (Å²) in [6, 6.07) is 16.8. The van der Waals surface area contributed by atoms with Crippen LogP contribution in [0.15, 0.2) is 72.9 Å². The zero-order valence-corrected chi connectivity index (χ0v) is 17.9. The van der Waals surface area contributed by atoms with Crippen molar-refractivity contribution in [3.63, 3.8) is 0 Å². The fourth-order valence-electron chi connectivity index (χ4n) is 3.31. The minimum Gasteiger partial charge on any atom is -0.391 e. The van der Waals surface area contributed by atoms with Gasteiger partial charge >= 0.3 is 12.3 Å². The second kappa shape index (κ2) is 9.42. The van der Waals surface area contributed by atoms with E-state index in [0.29, 0.717) is 18.5 Å². The average molecular weight is 470 g/mol. The molecule has 7 nitrogen and oxygen atoms in total. The Hall–Kier alpha value is -4.08. The van der Waals surface area contributed by atoms with Crippen LogP contribution in [0.4, 0.5) is 29.3 Å². The lowest BCUT2D eigenvalue weighted by molar-refractivity contribution is -0.137. The maximum Gasteiger partial charge on any atom is 0.418 e. The lowest BCUT2D eigenvalue weighted by Crippen LogP contribution is -2.49. The first-order valence-electron chi connectivity index (χ1n) is 10.5. The first kappa shape index (κ1) is 23.1. The minimum atomic E-state index is -4.47. The summed E-state index contributed by atoms with van der Waals surface area (Å²) in [4.78, 5) is 28.6. The predicted octanol–water partition coefficient (Wildman–Crippen LogP) is 4.78. The van der Waals surface area contributed by atoms with Crippen molar-refractivity contribution < 1.29 is 27.5 Å². The van der Waals surface area contributed by atoms with Crippen LogP contribution in [0, 0.1) is 0 Å². The van der Waals surface area contributed by atoms with Crippen LogP contribution in [-0.4, -0.2) is 22.5 Å². The first-order chi connectivity index (χ1) is 16.2. The van der Waals surface area contributed by atoms with Crippen LogP contribution in [0.3, 0.4) is 0 Å². The lowest BCUT2D eigenvalue weighted by Gasteiger charge is -2.17. The number of carbonyl (C=O) groups excluding carboxylic acids is 2. The number of rotatable bonds is 7. The predicted molar refractivity (Wildman–Crippen MR) is 118 cm³/mol. The number of anilines is 2. The Morgan fingerprint density at radius 2 is 1.68 bits per heavy atom. The van der Waals surface area contributed by atoms with E-state index in [4.69, 9.17) is 4.74 Å². The zero-order chi connectivity index (χ0) is 24.2. The molecule has 3 N–H and O–H groups in total. The van der Waals surface area contributed by atoms with Crippen molar-refractivity contribution in [2.45, 2.75) is 31.1 Å². The summed E-state index contributed by atoms with van der Waals surface area (Å²) in [5.41, 5.74) is -0.598. The largest absolute Gasteiger partial charge is 0.418 e. The van der Waals surface area contributed by atoms with Crippen LogP contribution >= 0.6 is 0 Å². The zero-order valence-electron chi connectivity index (χ0n) is 17.9. The Labute approximate surface area is 193 Å². The van der Waals surface area contributed by atoms with Gasteiger partial charge in [0.1, 0.15) is 5.54 Å². The third-order valence-corrected chi connectivity index (χ3v) is 5.28. The Bertz CT molecular complexity index is 1160. The third kappa shape index (κ3) is 5.64. The molecule has 10 heteroatoms. The molecule has 1 aromatic heterocycles. The van der Waals surface area contributed by atoms with E-state index >= 15 is 0 Å². The SMILES string of the molecule is O=C(NC1(C(=O)NCc2ccc(Nc3ccccc3C(F)(F)F)cc2)CC1)Oc1ccccn1. The van der Waals surface area contributed by atoms with Gasteiger partial charge in [0.05, 0.1) is 11.3 Å². The number of ether oxygens (including phenoxy) is 1. The van der Waals surface area contributed by atoms with Crippen LogP contribution in [0.2, 0.25) is 0 Å². The summed E-state index contributed by atoms with van der Waals surface area (Å²) >= 11 is 0. The minimum absolute atomic E-state index is 0.0459. The summed E-state index contributed by atoms with van der Waals surface area (Å²) in [5, 5.41) is 8.14. The van der Waals surface area contributed by atoms with E-state index in [2.05, 4.69) is 20.9 Å². The van der Waals surface area contributed by atoms with Gasteiger partial charge in [0, 0.05) is 24.5 Å². The summed E-state index contributed by atoms with van der Waals surface area (Å²) in [5.74, 6) is -0.213. The molecule has 1 aliphatic rings. The van der Waals surface area contributed by atoms with Crippen molar-refractivity contribution in [1.29, 1.82) is 0 Å². The number of aromatic nitrogens is 1. The molecule has 1 heterocycles. The van der Waals surface area contributed by atoms with E-state index in [0.717, 1.165) is 11.6 Å². The molecule has 2 amide bonds. The Morgan fingerprint density at radius 1 is 0.971 bits per heavy atom. The normalized spacial score (nSPS) is 14.1. The average Bonchev–Trinajstić information content (AvgIpc) is 3.59. The van der Waals surface area contributed by atoms with E-state index < -0.39 is 23.4 Å². The van der Waals surface area contributed by atoms with E-state index in [1.165, 1.54) is 30.5 Å². The molecule has 0 spiro atoms. The number of halogens is 3. The van der Waals surface area contributed by atoms with Gasteiger partial charge < -0.3 is 20.7 Å². The lowest BCUT2D eigenvalue weighted by atomic mass is 10.1. The number of nitrogens with zero attached hydrogens (tertiary/aromatic N) is 1. The van der Waals surface area contributed by atoms with Crippen LogP contribution in [0.5, 0.6) is 5.88 Å². The third-order valence-electron chi connectivity index (χ3n) is 5.28. The number of benzene rings is 2. The molecule has 4 rings (SSSR count). The highest BCUT2D eigenvalue weighted by molar-refractivity contribution is 5.93. The standard InChI is InChI=1S/C24H21F3N4O3/c25-24(26,27)18-5-1-2-6-19(18)30-17-10-8-16(9-11-17)15-29-21(32)23(12-13-23)31-22(33)34-20-7-3-4-14-28-20/h1-11,14,30H,12-13,15H2,(H,29,32)(H,31,33). The maximum atomic E-state index is 13.2. The molecule has 0 radical (unpaired) electrons. The Balaban J connectivity index is 1.30. The number of amides is 2. The number of hydrogen-bond donors (Lipinski definition) is 3. The molecule has 176 valence electrons. The van der Waals surface area contributed by atoms with E-state index in [-0.39, 0.29) is 24.0 Å². The summed E-state index contributed by atoms with van der Waals surface area (Å²) in [7, 11) is 0. The number of pyridine rings is 1. The van der Waals surface area contributed by atoms with Crippen LogP contribution in [-0.2, 0) is 17.5 Å². The van der Waals surface area contributed by atoms with E-state index in [1.54, 1.807) is 36.4 Å². The quantitative estimate of drug-likeness (QED) is 0.462. The van der Waals surface area contributed by atoms with Crippen molar-refractivity contribution >= 4 is 23.4 Å². The highest BCUT2D eigenvalue weighted by Crippen LogP contribution is 2.37. The first-order valence-corrected chi connectivity index (χ1v) is 10.5. The Kier molecular flexibility index (Phi) is 6.40. The summed E-state index contributed by atoms with van der Waals surface area (Å²) in [6.07, 6.45) is -2.78. The number of para-hydroxylation sites is 1. The number of alkyl halides is 3. The van der Waals surface area contributed by atoms with Crippen LogP contribution in [0.25, 0.3) is 0 Å². The molecule has 0 atom stereocenters. The van der Waals surface area contributed by atoms with Crippen molar-refractivity contribution in [2.75, 3.05) is 5.32 Å². The molecule has 2 aromatic carbocycles. The second-order valence-corrected chi connectivity index (χ2v) is 7.81. The van der Waals surface area contributed by atoms with E-state index in [1.807, 2.05) is 0 Å². The molecule has 34 heavy (non-hydrogen) atoms. The van der Waals surface area contributed by atoms with Crippen LogP contribution < -0.4 is 20.7 Å². The van der Waals surface area contributed by atoms with E-state index in [9.17, 15) is 22.8 Å². The number of hydrogen-bond acceptors (Lipinski definition) is 5. The smallest absolute Gasteiger partial charge is 0.391 e. The molecule has 0 aliphatic heterocycles. The van der Waals surface area contributed by atoms with Gasteiger partial charge in [-0.1, -0.05) is 30.3 Å². The monoisotopic (exact) mass is 470 g/mol. The van der Waals surface area contributed by atoms with Crippen molar-refractivity contribution in [3.05, 3.63) is 84.1 Å². The van der Waals surface area contributed by atoms with Crippen LogP contribution in [0.1, 0.15) is 24.0 Å². The van der Waals surface area contributed by atoms with Crippen molar-refractivity contribution in [1.82, 2.24) is 15.6 Å². The van der Waals surface area contributed by atoms with Crippen molar-refractivity contribution in [3.8, 4) is 5.88 Å². The fraction of sp³-hybridized carbons (Fsp3) is 0.208. The number of carbonyl (C=O) groups is 2. The highest BCUT2D eigenvalue weighted by atomic mass is 19.4. The van der Waals surface area contributed by atoms with Gasteiger partial charge in [0.2, 0.25) is 11.8 Å². The molecule has 0 saturated heterocycles. The van der Waals surface area contributed by atoms with Gasteiger partial charge in [-0.15, -0.1) is 0 Å². The van der Waals surface area contributed by atoms with Gasteiger partial charge in [-0.25, -0.2) is 9.78 Å². The maximum absolute atomic E-state index is 13.2. The fourth-order valence-corrected chi connectivity index (χ4v) is 3.31. The summed E-state index contributed by atoms with van der Waals surface area (Å²) < 4.78 is 44.6. The van der Waals surface area contributed by atoms with Crippen molar-refractivity contribution in [2.24, 2.45) is 0 Å². The molecule has 0 bridgehead atoms. The molecule has 3 aromatic rings. The Morgan fingerprint density at radius 3 is 2.32 bits per heavy atom. The van der Waals surface area contributed by atoms with Gasteiger partial charge in [-0.2, -0.15) is 13.2 Å². The summed E-state index contributed by atoms with van der Waals surface area (Å²) in [6.45, 7) is 0.191. The molecule has 1 aliphatic carbocycles. The molecular weight excluding hydrogens is 449 g/mol. The van der Waals surface area contributed by atoms with Gasteiger partial charge in [0.25, 0.3) is 0 Å². The molecule has 1 fully saturated rings. The van der Waals surface area contributed by atoms with Gasteiger partial charge in [-0.05, 0) is 48.7 Å². The molecule has 1 saturated carbocycles. The van der Waals surface area contributed by atoms with Gasteiger partial charge in [-0.3, -0.25) is 4.79 Å². The second-order valence-electron chi connectivity index (χ2n) is 7.81. The van der Waals surface area contributed by atoms with Gasteiger partial charge in [0.15, 0.2) is 0 Å². The molecular formula is C24H21F3N4O3. The highest BCUT2D eigenvalue weighted by Gasteiger charge is 2.51. The molecule has 0 unspecified atom stereocenters. The topological polar surface area (TPSA) is 92.4 Å².